The summed E-state index contributed by atoms with van der Waals surface area (Å²) in [5.74, 6) is -0.0556. The second-order valence-corrected chi connectivity index (χ2v) is 23.1. The molecule has 0 saturated carbocycles. The van der Waals surface area contributed by atoms with Crippen molar-refractivity contribution in [2.45, 2.75) is 379 Å². The first-order valence-corrected chi connectivity index (χ1v) is 33.8. The Morgan fingerprint density at radius 3 is 0.973 bits per heavy atom. The highest BCUT2D eigenvalue weighted by Crippen LogP contribution is 2.18. The molecular formula is C69H131NO5. The molecular weight excluding hydrogens is 923 g/mol. The predicted molar refractivity (Wildman–Crippen MR) is 329 cm³/mol. The number of unbranched alkanes of at least 4 members (excludes halogenated alkanes) is 48. The van der Waals surface area contributed by atoms with E-state index in [0.29, 0.717) is 19.4 Å². The lowest BCUT2D eigenvalue weighted by atomic mass is 10.0. The molecule has 0 radical (unpaired) electrons. The first-order chi connectivity index (χ1) is 37.0. The van der Waals surface area contributed by atoms with Gasteiger partial charge in [0.05, 0.1) is 25.4 Å². The van der Waals surface area contributed by atoms with Crippen LogP contribution in [0.1, 0.15) is 367 Å². The summed E-state index contributed by atoms with van der Waals surface area (Å²) in [7, 11) is 0. The van der Waals surface area contributed by atoms with E-state index in [0.717, 1.165) is 44.9 Å². The molecule has 1 amide bonds. The van der Waals surface area contributed by atoms with E-state index in [4.69, 9.17) is 4.74 Å². The lowest BCUT2D eigenvalue weighted by molar-refractivity contribution is -0.143. The van der Waals surface area contributed by atoms with Crippen LogP contribution in [-0.2, 0) is 14.3 Å². The fourth-order valence-electron chi connectivity index (χ4n) is 10.4. The molecule has 0 aromatic carbocycles. The third kappa shape index (κ3) is 61.2. The van der Waals surface area contributed by atoms with E-state index in [1.54, 1.807) is 6.08 Å². The highest BCUT2D eigenvalue weighted by atomic mass is 16.5. The van der Waals surface area contributed by atoms with Gasteiger partial charge >= 0.3 is 5.97 Å². The number of hydrogen-bond acceptors (Lipinski definition) is 5. The van der Waals surface area contributed by atoms with Crippen LogP contribution in [-0.4, -0.2) is 47.4 Å². The Labute approximate surface area is 468 Å². The summed E-state index contributed by atoms with van der Waals surface area (Å²) in [5.41, 5.74) is 0. The van der Waals surface area contributed by atoms with Gasteiger partial charge in [-0.2, -0.15) is 0 Å². The topological polar surface area (TPSA) is 95.9 Å². The predicted octanol–water partition coefficient (Wildman–Crippen LogP) is 21.5. The molecule has 3 N–H and O–H groups in total. The first kappa shape index (κ1) is 73.1. The van der Waals surface area contributed by atoms with Gasteiger partial charge in [0.2, 0.25) is 5.91 Å². The number of amides is 1. The highest BCUT2D eigenvalue weighted by molar-refractivity contribution is 5.76. The van der Waals surface area contributed by atoms with Crippen molar-refractivity contribution in [1.29, 1.82) is 0 Å². The summed E-state index contributed by atoms with van der Waals surface area (Å²) in [4.78, 5) is 24.5. The Balaban J connectivity index is 3.36. The minimum absolute atomic E-state index is 0.00834. The zero-order chi connectivity index (χ0) is 54.3. The molecule has 0 heterocycles. The van der Waals surface area contributed by atoms with Crippen LogP contribution >= 0.6 is 0 Å². The van der Waals surface area contributed by atoms with Gasteiger partial charge in [0.1, 0.15) is 0 Å². The molecule has 442 valence electrons. The quantitative estimate of drug-likeness (QED) is 0.0320. The number of rotatable bonds is 63. The molecule has 2 unspecified atom stereocenters. The molecule has 0 fully saturated rings. The number of nitrogens with one attached hydrogen (secondary N) is 1. The number of carbonyl (C=O) groups is 2. The van der Waals surface area contributed by atoms with Crippen LogP contribution in [0, 0.1) is 0 Å². The van der Waals surface area contributed by atoms with E-state index in [1.165, 1.54) is 295 Å². The lowest BCUT2D eigenvalue weighted by Crippen LogP contribution is -2.45. The van der Waals surface area contributed by atoms with Crippen LogP contribution in [0.4, 0.5) is 0 Å². The Bertz CT molecular complexity index is 1210. The molecule has 0 rings (SSSR count). The van der Waals surface area contributed by atoms with Crippen LogP contribution in [0.5, 0.6) is 0 Å². The summed E-state index contributed by atoms with van der Waals surface area (Å²) >= 11 is 0. The molecule has 6 nitrogen and oxygen atoms in total. The van der Waals surface area contributed by atoms with Crippen LogP contribution in [0.15, 0.2) is 36.5 Å². The number of carbonyl (C=O) groups excluding carboxylic acids is 2. The standard InChI is InChI=1S/C69H131NO5/c1-3-5-7-9-11-13-15-38-41-45-49-53-57-61-67(72)66(65-71)70-68(73)62-58-54-50-46-42-39-36-34-32-30-28-26-24-22-20-18-17-19-21-23-25-27-29-31-33-35-37-40-44-48-52-56-60-64-75-69(74)63-59-55-51-47-43-16-14-12-10-8-6-4-2/h12,14,21,23,57,61,66-67,71-72H,3-11,13,15-20,22,24-56,58-60,62-65H2,1-2H3,(H,70,73)/b14-12-,23-21-,61-57+. The van der Waals surface area contributed by atoms with Crippen molar-refractivity contribution in [2.24, 2.45) is 0 Å². The summed E-state index contributed by atoms with van der Waals surface area (Å²) in [5, 5.41) is 23.1. The summed E-state index contributed by atoms with van der Waals surface area (Å²) in [6.07, 6.45) is 82.2. The second-order valence-electron chi connectivity index (χ2n) is 23.1. The van der Waals surface area contributed by atoms with Crippen LogP contribution < -0.4 is 5.32 Å². The van der Waals surface area contributed by atoms with Crippen LogP contribution in [0.25, 0.3) is 0 Å². The number of esters is 1. The zero-order valence-electron chi connectivity index (χ0n) is 50.5. The molecule has 0 aromatic rings. The number of allylic oxidation sites excluding steroid dienone is 5. The maximum Gasteiger partial charge on any atom is 0.305 e. The zero-order valence-corrected chi connectivity index (χ0v) is 50.5. The van der Waals surface area contributed by atoms with Gasteiger partial charge in [-0.25, -0.2) is 0 Å². The molecule has 0 aliphatic rings. The Morgan fingerprint density at radius 2 is 0.627 bits per heavy atom. The fourth-order valence-corrected chi connectivity index (χ4v) is 10.4. The van der Waals surface area contributed by atoms with Gasteiger partial charge in [-0.1, -0.05) is 307 Å². The van der Waals surface area contributed by atoms with E-state index < -0.39 is 12.1 Å². The van der Waals surface area contributed by atoms with Gasteiger partial charge in [-0.05, 0) is 83.5 Å². The lowest BCUT2D eigenvalue weighted by Gasteiger charge is -2.20. The van der Waals surface area contributed by atoms with Crippen LogP contribution in [0.3, 0.4) is 0 Å². The molecule has 0 saturated heterocycles. The molecule has 0 aliphatic heterocycles. The molecule has 0 aromatic heterocycles. The monoisotopic (exact) mass is 1050 g/mol. The van der Waals surface area contributed by atoms with Gasteiger partial charge < -0.3 is 20.3 Å². The Kier molecular flexibility index (Phi) is 63.0. The molecule has 75 heavy (non-hydrogen) atoms. The van der Waals surface area contributed by atoms with Crippen LogP contribution in [0.2, 0.25) is 0 Å². The SMILES string of the molecule is CCCCC/C=C\CCCCCCCC(=O)OCCCCCCCCCCCCCC/C=C\CCCCCCCCCCCCCCCCCCCC(=O)NC(CO)C(O)/C=C/CCCCCCCCCCCCC. The minimum atomic E-state index is -0.841. The van der Waals surface area contributed by atoms with Crippen molar-refractivity contribution in [1.82, 2.24) is 5.32 Å². The number of aliphatic hydroxyl groups is 2. The van der Waals surface area contributed by atoms with Gasteiger partial charge in [-0.15, -0.1) is 0 Å². The average molecular weight is 1050 g/mol. The molecule has 0 aliphatic carbocycles. The normalized spacial score (nSPS) is 12.7. The minimum Gasteiger partial charge on any atom is -0.466 e. The molecule has 6 heteroatoms. The van der Waals surface area contributed by atoms with Crippen molar-refractivity contribution >= 4 is 11.9 Å². The van der Waals surface area contributed by atoms with Crippen molar-refractivity contribution < 1.29 is 24.5 Å². The largest absolute Gasteiger partial charge is 0.466 e. The highest BCUT2D eigenvalue weighted by Gasteiger charge is 2.18. The van der Waals surface area contributed by atoms with E-state index in [-0.39, 0.29) is 18.5 Å². The molecule has 0 spiro atoms. The summed E-state index contributed by atoms with van der Waals surface area (Å²) < 4.78 is 5.47. The smallest absolute Gasteiger partial charge is 0.305 e. The maximum absolute atomic E-state index is 12.5. The Morgan fingerprint density at radius 1 is 0.360 bits per heavy atom. The van der Waals surface area contributed by atoms with E-state index in [9.17, 15) is 19.8 Å². The number of hydrogen-bond donors (Lipinski definition) is 3. The number of ether oxygens (including phenoxy) is 1. The molecule has 2 atom stereocenters. The third-order valence-corrected chi connectivity index (χ3v) is 15.6. The van der Waals surface area contributed by atoms with E-state index in [1.807, 2.05) is 6.08 Å². The Hall–Kier alpha value is -1.92. The van der Waals surface area contributed by atoms with Crippen molar-refractivity contribution in [2.75, 3.05) is 13.2 Å². The van der Waals surface area contributed by atoms with Gasteiger partial charge in [0.15, 0.2) is 0 Å². The average Bonchev–Trinajstić information content (AvgIpc) is 3.41. The second kappa shape index (κ2) is 64.6. The van der Waals surface area contributed by atoms with Crippen molar-refractivity contribution in [3.8, 4) is 0 Å². The maximum atomic E-state index is 12.5. The first-order valence-electron chi connectivity index (χ1n) is 33.8. The van der Waals surface area contributed by atoms with E-state index in [2.05, 4.69) is 43.5 Å². The van der Waals surface area contributed by atoms with Gasteiger partial charge in [0.25, 0.3) is 0 Å². The van der Waals surface area contributed by atoms with Crippen molar-refractivity contribution in [3.63, 3.8) is 0 Å². The fraction of sp³-hybridized carbons (Fsp3) is 0.884. The van der Waals surface area contributed by atoms with E-state index >= 15 is 0 Å². The summed E-state index contributed by atoms with van der Waals surface area (Å²) in [6, 6.07) is -0.625. The van der Waals surface area contributed by atoms with Gasteiger partial charge in [-0.3, -0.25) is 9.59 Å². The van der Waals surface area contributed by atoms with Gasteiger partial charge in [0, 0.05) is 12.8 Å². The molecule has 0 bridgehead atoms. The third-order valence-electron chi connectivity index (χ3n) is 15.6. The summed E-state index contributed by atoms with van der Waals surface area (Å²) in [6.45, 7) is 4.89. The number of aliphatic hydroxyl groups excluding tert-OH is 2. The van der Waals surface area contributed by atoms with Crippen molar-refractivity contribution in [3.05, 3.63) is 36.5 Å².